The fourth-order valence-corrected chi connectivity index (χ4v) is 3.53. The van der Waals surface area contributed by atoms with E-state index in [0.29, 0.717) is 22.2 Å². The highest BCUT2D eigenvalue weighted by Gasteiger charge is 2.18. The van der Waals surface area contributed by atoms with E-state index in [4.69, 9.17) is 21.7 Å². The molecule has 1 aliphatic heterocycles. The molecule has 1 aromatic carbocycles. The maximum absolute atomic E-state index is 12.0. The van der Waals surface area contributed by atoms with Gasteiger partial charge in [-0.3, -0.25) is 9.78 Å². The Labute approximate surface area is 164 Å². The molecule has 2 aromatic rings. The highest BCUT2D eigenvalue weighted by Crippen LogP contribution is 2.33. The van der Waals surface area contributed by atoms with Crippen LogP contribution in [0.3, 0.4) is 0 Å². The van der Waals surface area contributed by atoms with Crippen molar-refractivity contribution in [2.24, 2.45) is 5.92 Å². The molecule has 0 bridgehead atoms. The van der Waals surface area contributed by atoms with E-state index in [2.05, 4.69) is 10.3 Å². The van der Waals surface area contributed by atoms with Gasteiger partial charge >= 0.3 is 0 Å². The Kier molecular flexibility index (Phi) is 7.25. The molecule has 0 spiro atoms. The standard InChI is InChI=1S/C18H23N3O3S.ClH/c1-23-13-3-4-14(16(9-13)24-2)15-10-17(22)20-18(25)21(15)11-12-5-7-19-8-6-12;/h3-4,9-10,12,19H,5-8,11H2,1-2H3,(H,20,22,25);1H. The minimum atomic E-state index is -0.209. The number of nitrogens with zero attached hydrogens (tertiary/aromatic N) is 1. The third-order valence-electron chi connectivity index (χ3n) is 4.62. The molecule has 1 saturated heterocycles. The number of aromatic nitrogens is 2. The van der Waals surface area contributed by atoms with Gasteiger partial charge in [-0.05, 0) is 56.2 Å². The lowest BCUT2D eigenvalue weighted by molar-refractivity contribution is 0.331. The first-order valence-electron chi connectivity index (χ1n) is 8.39. The van der Waals surface area contributed by atoms with Crippen LogP contribution in [0.5, 0.6) is 11.5 Å². The number of rotatable bonds is 5. The van der Waals surface area contributed by atoms with Gasteiger partial charge in [0.05, 0.1) is 19.9 Å². The molecular weight excluding hydrogens is 374 g/mol. The fraction of sp³-hybridized carbons (Fsp3) is 0.444. The van der Waals surface area contributed by atoms with E-state index in [0.717, 1.165) is 43.7 Å². The van der Waals surface area contributed by atoms with Crippen molar-refractivity contribution in [3.8, 4) is 22.8 Å². The molecule has 2 heterocycles. The molecule has 0 radical (unpaired) electrons. The number of ether oxygens (including phenoxy) is 2. The second-order valence-electron chi connectivity index (χ2n) is 6.19. The van der Waals surface area contributed by atoms with Crippen LogP contribution in [0.15, 0.2) is 29.1 Å². The number of nitrogens with one attached hydrogen (secondary N) is 2. The van der Waals surface area contributed by atoms with Crippen molar-refractivity contribution >= 4 is 24.6 Å². The third kappa shape index (κ3) is 4.47. The van der Waals surface area contributed by atoms with Crippen molar-refractivity contribution in [1.82, 2.24) is 14.9 Å². The van der Waals surface area contributed by atoms with Crippen molar-refractivity contribution in [3.05, 3.63) is 39.4 Å². The van der Waals surface area contributed by atoms with Crippen LogP contribution < -0.4 is 20.3 Å². The molecule has 8 heteroatoms. The molecule has 0 atom stereocenters. The first kappa shape index (κ1) is 20.5. The molecule has 0 amide bonds. The topological polar surface area (TPSA) is 68.3 Å². The normalized spacial score (nSPS) is 14.5. The zero-order chi connectivity index (χ0) is 17.8. The van der Waals surface area contributed by atoms with E-state index in [-0.39, 0.29) is 18.0 Å². The van der Waals surface area contributed by atoms with Gasteiger partial charge in [0, 0.05) is 24.2 Å². The molecule has 6 nitrogen and oxygen atoms in total. The maximum Gasteiger partial charge on any atom is 0.252 e. The van der Waals surface area contributed by atoms with Crippen LogP contribution in [0.4, 0.5) is 0 Å². The zero-order valence-electron chi connectivity index (χ0n) is 14.9. The van der Waals surface area contributed by atoms with E-state index in [9.17, 15) is 4.79 Å². The summed E-state index contributed by atoms with van der Waals surface area (Å²) in [5.74, 6) is 1.88. The molecular formula is C18H24ClN3O3S. The van der Waals surface area contributed by atoms with Gasteiger partial charge < -0.3 is 19.4 Å². The van der Waals surface area contributed by atoms with Crippen molar-refractivity contribution in [2.75, 3.05) is 27.3 Å². The second kappa shape index (κ2) is 9.21. The van der Waals surface area contributed by atoms with Gasteiger partial charge in [-0.25, -0.2) is 0 Å². The fourth-order valence-electron chi connectivity index (χ4n) is 3.26. The molecule has 3 rings (SSSR count). The Bertz CT molecular complexity index is 859. The number of halogens is 1. The summed E-state index contributed by atoms with van der Waals surface area (Å²) < 4.78 is 13.2. The lowest BCUT2D eigenvalue weighted by atomic mass is 9.97. The first-order chi connectivity index (χ1) is 12.1. The van der Waals surface area contributed by atoms with Gasteiger partial charge in [0.2, 0.25) is 0 Å². The van der Waals surface area contributed by atoms with Crippen LogP contribution in [-0.4, -0.2) is 36.9 Å². The predicted octanol–water partition coefficient (Wildman–Crippen LogP) is 3.01. The molecule has 1 fully saturated rings. The van der Waals surface area contributed by atoms with Gasteiger partial charge in [-0.15, -0.1) is 12.4 Å². The molecule has 2 N–H and O–H groups in total. The Morgan fingerprint density at radius 3 is 2.58 bits per heavy atom. The van der Waals surface area contributed by atoms with Crippen LogP contribution >= 0.6 is 24.6 Å². The lowest BCUT2D eigenvalue weighted by Crippen LogP contribution is -2.30. The highest BCUT2D eigenvalue weighted by atomic mass is 35.5. The van der Waals surface area contributed by atoms with Gasteiger partial charge in [0.25, 0.3) is 5.56 Å². The number of hydrogen-bond donors (Lipinski definition) is 2. The number of benzene rings is 1. The summed E-state index contributed by atoms with van der Waals surface area (Å²) in [5.41, 5.74) is 1.39. The van der Waals surface area contributed by atoms with Crippen LogP contribution in [0, 0.1) is 10.7 Å². The smallest absolute Gasteiger partial charge is 0.252 e. The summed E-state index contributed by atoms with van der Waals surface area (Å²) in [6.45, 7) is 2.81. The van der Waals surface area contributed by atoms with Gasteiger partial charge in [-0.1, -0.05) is 0 Å². The summed E-state index contributed by atoms with van der Waals surface area (Å²) in [6, 6.07) is 7.16. The summed E-state index contributed by atoms with van der Waals surface area (Å²) in [4.78, 5) is 14.8. The number of aromatic amines is 1. The Morgan fingerprint density at radius 2 is 1.92 bits per heavy atom. The molecule has 0 aliphatic carbocycles. The molecule has 1 aromatic heterocycles. The number of hydrogen-bond acceptors (Lipinski definition) is 5. The minimum Gasteiger partial charge on any atom is -0.497 e. The molecule has 0 unspecified atom stereocenters. The SMILES string of the molecule is COc1ccc(-c2cc(=O)[nH]c(=S)n2CC2CCNCC2)c(OC)c1.Cl. The van der Waals surface area contributed by atoms with Crippen molar-refractivity contribution < 1.29 is 9.47 Å². The van der Waals surface area contributed by atoms with Gasteiger partial charge in [0.1, 0.15) is 11.5 Å². The second-order valence-corrected chi connectivity index (χ2v) is 6.58. The van der Waals surface area contributed by atoms with Crippen LogP contribution in [0.2, 0.25) is 0 Å². The van der Waals surface area contributed by atoms with Gasteiger partial charge in [-0.2, -0.15) is 0 Å². The van der Waals surface area contributed by atoms with E-state index in [1.807, 2.05) is 22.8 Å². The Hall–Kier alpha value is -1.83. The number of methoxy groups -OCH3 is 2. The summed E-state index contributed by atoms with van der Waals surface area (Å²) in [7, 11) is 3.22. The van der Waals surface area contributed by atoms with Crippen molar-refractivity contribution in [1.29, 1.82) is 0 Å². The number of piperidine rings is 1. The molecule has 1 aliphatic rings. The van der Waals surface area contributed by atoms with Crippen molar-refractivity contribution in [3.63, 3.8) is 0 Å². The van der Waals surface area contributed by atoms with Crippen molar-refractivity contribution in [2.45, 2.75) is 19.4 Å². The summed E-state index contributed by atoms with van der Waals surface area (Å²) in [5, 5.41) is 3.37. The monoisotopic (exact) mass is 397 g/mol. The summed E-state index contributed by atoms with van der Waals surface area (Å²) in [6.07, 6.45) is 2.19. The largest absolute Gasteiger partial charge is 0.497 e. The van der Waals surface area contributed by atoms with E-state index in [1.165, 1.54) is 0 Å². The van der Waals surface area contributed by atoms with E-state index < -0.39 is 0 Å². The maximum atomic E-state index is 12.0. The summed E-state index contributed by atoms with van der Waals surface area (Å²) >= 11 is 5.45. The van der Waals surface area contributed by atoms with Gasteiger partial charge in [0.15, 0.2) is 4.77 Å². The zero-order valence-corrected chi connectivity index (χ0v) is 16.5. The lowest BCUT2D eigenvalue weighted by Gasteiger charge is -2.25. The minimum absolute atomic E-state index is 0. The number of H-pyrrole nitrogens is 1. The highest BCUT2D eigenvalue weighted by molar-refractivity contribution is 7.71. The van der Waals surface area contributed by atoms with Crippen LogP contribution in [-0.2, 0) is 6.54 Å². The molecule has 142 valence electrons. The average molecular weight is 398 g/mol. The van der Waals surface area contributed by atoms with Crippen LogP contribution in [0.25, 0.3) is 11.3 Å². The first-order valence-corrected chi connectivity index (χ1v) is 8.80. The molecule has 0 saturated carbocycles. The molecule has 26 heavy (non-hydrogen) atoms. The Morgan fingerprint density at radius 1 is 1.19 bits per heavy atom. The predicted molar refractivity (Wildman–Crippen MR) is 107 cm³/mol. The van der Waals surface area contributed by atoms with Crippen LogP contribution in [0.1, 0.15) is 12.8 Å². The third-order valence-corrected chi connectivity index (χ3v) is 4.94. The Balaban J connectivity index is 0.00000243. The average Bonchev–Trinajstić information content (AvgIpc) is 2.64. The van der Waals surface area contributed by atoms with E-state index >= 15 is 0 Å². The van der Waals surface area contributed by atoms with E-state index in [1.54, 1.807) is 20.3 Å². The quantitative estimate of drug-likeness (QED) is 0.759.